The summed E-state index contributed by atoms with van der Waals surface area (Å²) in [6.45, 7) is 4.75. The van der Waals surface area contributed by atoms with E-state index in [4.69, 9.17) is 0 Å². The second kappa shape index (κ2) is 9.98. The lowest BCUT2D eigenvalue weighted by atomic mass is 10.2. The molecule has 0 heterocycles. The number of hydrogen-bond acceptors (Lipinski definition) is 4. The van der Waals surface area contributed by atoms with Gasteiger partial charge in [-0.05, 0) is 56.2 Å². The van der Waals surface area contributed by atoms with Crippen molar-refractivity contribution in [1.29, 1.82) is 0 Å². The summed E-state index contributed by atoms with van der Waals surface area (Å²) in [5.41, 5.74) is 2.99. The second-order valence-corrected chi connectivity index (χ2v) is 8.54. The third kappa shape index (κ3) is 6.77. The van der Waals surface area contributed by atoms with Gasteiger partial charge in [-0.25, -0.2) is 13.2 Å². The van der Waals surface area contributed by atoms with Crippen molar-refractivity contribution >= 4 is 33.1 Å². The molecule has 2 rings (SSSR count). The first kappa shape index (κ1) is 21.6. The SMILES string of the molecule is CCS(=O)(=O)Nc1ccc(NC(=O)NCCCN(C)c2ccccc2)cc1C. The van der Waals surface area contributed by atoms with Crippen LogP contribution in [0.25, 0.3) is 0 Å². The molecule has 28 heavy (non-hydrogen) atoms. The Bertz CT molecular complexity index is 886. The molecule has 0 bridgehead atoms. The number of nitrogens with one attached hydrogen (secondary N) is 3. The van der Waals surface area contributed by atoms with E-state index in [1.807, 2.05) is 37.4 Å². The summed E-state index contributed by atoms with van der Waals surface area (Å²) in [5, 5.41) is 5.60. The number of sulfonamides is 1. The number of carbonyl (C=O) groups excluding carboxylic acids is 1. The van der Waals surface area contributed by atoms with Crippen molar-refractivity contribution in [2.24, 2.45) is 0 Å². The summed E-state index contributed by atoms with van der Waals surface area (Å²) in [6, 6.07) is 14.8. The number of rotatable bonds is 9. The molecule has 0 radical (unpaired) electrons. The van der Waals surface area contributed by atoms with E-state index in [0.29, 0.717) is 17.9 Å². The highest BCUT2D eigenvalue weighted by molar-refractivity contribution is 7.92. The highest BCUT2D eigenvalue weighted by atomic mass is 32.2. The summed E-state index contributed by atoms with van der Waals surface area (Å²) in [4.78, 5) is 14.2. The Balaban J connectivity index is 1.77. The van der Waals surface area contributed by atoms with Crippen LogP contribution in [0, 0.1) is 6.92 Å². The van der Waals surface area contributed by atoms with Gasteiger partial charge in [0.15, 0.2) is 0 Å². The first-order chi connectivity index (χ1) is 13.3. The van der Waals surface area contributed by atoms with Crippen molar-refractivity contribution < 1.29 is 13.2 Å². The number of amides is 2. The topological polar surface area (TPSA) is 90.5 Å². The fourth-order valence-corrected chi connectivity index (χ4v) is 3.31. The Morgan fingerprint density at radius 2 is 1.82 bits per heavy atom. The molecule has 152 valence electrons. The van der Waals surface area contributed by atoms with Crippen LogP contribution in [0.15, 0.2) is 48.5 Å². The van der Waals surface area contributed by atoms with Crippen molar-refractivity contribution in [3.05, 3.63) is 54.1 Å². The average Bonchev–Trinajstić information content (AvgIpc) is 2.68. The van der Waals surface area contributed by atoms with Crippen LogP contribution >= 0.6 is 0 Å². The van der Waals surface area contributed by atoms with Gasteiger partial charge in [-0.15, -0.1) is 0 Å². The van der Waals surface area contributed by atoms with E-state index >= 15 is 0 Å². The Kier molecular flexibility index (Phi) is 7.69. The number of nitrogens with zero attached hydrogens (tertiary/aromatic N) is 1. The summed E-state index contributed by atoms with van der Waals surface area (Å²) in [7, 11) is -1.31. The van der Waals surface area contributed by atoms with Crippen molar-refractivity contribution in [2.75, 3.05) is 40.8 Å². The molecule has 2 aromatic carbocycles. The van der Waals surface area contributed by atoms with E-state index in [2.05, 4.69) is 20.3 Å². The monoisotopic (exact) mass is 404 g/mol. The maximum absolute atomic E-state index is 12.1. The molecule has 0 atom stereocenters. The minimum atomic E-state index is -3.33. The van der Waals surface area contributed by atoms with Gasteiger partial charge in [0.25, 0.3) is 0 Å². The Morgan fingerprint density at radius 1 is 1.11 bits per heavy atom. The average molecular weight is 405 g/mol. The van der Waals surface area contributed by atoms with Gasteiger partial charge in [-0.3, -0.25) is 4.72 Å². The molecule has 0 saturated heterocycles. The summed E-state index contributed by atoms with van der Waals surface area (Å²) >= 11 is 0. The molecule has 0 fully saturated rings. The van der Waals surface area contributed by atoms with Crippen LogP contribution in [0.3, 0.4) is 0 Å². The summed E-state index contributed by atoms with van der Waals surface area (Å²) in [6.07, 6.45) is 0.815. The largest absolute Gasteiger partial charge is 0.375 e. The Morgan fingerprint density at radius 3 is 2.46 bits per heavy atom. The molecular formula is C20H28N4O3S. The van der Waals surface area contributed by atoms with Crippen LogP contribution in [0.1, 0.15) is 18.9 Å². The lowest BCUT2D eigenvalue weighted by Gasteiger charge is -2.19. The minimum Gasteiger partial charge on any atom is -0.375 e. The van der Waals surface area contributed by atoms with Gasteiger partial charge < -0.3 is 15.5 Å². The lowest BCUT2D eigenvalue weighted by Crippen LogP contribution is -2.31. The Labute approximate surface area is 167 Å². The lowest BCUT2D eigenvalue weighted by molar-refractivity contribution is 0.252. The zero-order chi connectivity index (χ0) is 20.6. The number of carbonyl (C=O) groups is 1. The smallest absolute Gasteiger partial charge is 0.319 e. The summed E-state index contributed by atoms with van der Waals surface area (Å²) < 4.78 is 25.9. The highest BCUT2D eigenvalue weighted by Crippen LogP contribution is 2.20. The van der Waals surface area contributed by atoms with Crippen molar-refractivity contribution in [2.45, 2.75) is 20.3 Å². The van der Waals surface area contributed by atoms with Crippen LogP contribution in [-0.2, 0) is 10.0 Å². The Hall–Kier alpha value is -2.74. The van der Waals surface area contributed by atoms with Gasteiger partial charge in [0.1, 0.15) is 0 Å². The molecule has 0 aliphatic carbocycles. The zero-order valence-electron chi connectivity index (χ0n) is 16.5. The van der Waals surface area contributed by atoms with E-state index < -0.39 is 10.0 Å². The molecule has 8 heteroatoms. The van der Waals surface area contributed by atoms with Crippen molar-refractivity contribution in [3.63, 3.8) is 0 Å². The number of para-hydroxylation sites is 1. The number of hydrogen-bond donors (Lipinski definition) is 3. The van der Waals surface area contributed by atoms with Gasteiger partial charge in [0.05, 0.1) is 11.4 Å². The van der Waals surface area contributed by atoms with Crippen LogP contribution in [0.4, 0.5) is 21.9 Å². The molecule has 7 nitrogen and oxygen atoms in total. The second-order valence-electron chi connectivity index (χ2n) is 6.53. The van der Waals surface area contributed by atoms with E-state index in [1.165, 1.54) is 0 Å². The van der Waals surface area contributed by atoms with Gasteiger partial charge >= 0.3 is 6.03 Å². The number of urea groups is 1. The van der Waals surface area contributed by atoms with Crippen LogP contribution in [0.5, 0.6) is 0 Å². The van der Waals surface area contributed by atoms with E-state index in [9.17, 15) is 13.2 Å². The van der Waals surface area contributed by atoms with E-state index in [-0.39, 0.29) is 11.8 Å². The van der Waals surface area contributed by atoms with Crippen molar-refractivity contribution in [3.8, 4) is 0 Å². The molecular weight excluding hydrogens is 376 g/mol. The van der Waals surface area contributed by atoms with E-state index in [0.717, 1.165) is 24.2 Å². The maximum atomic E-state index is 12.1. The number of aryl methyl sites for hydroxylation is 1. The van der Waals surface area contributed by atoms with Gasteiger partial charge in [-0.2, -0.15) is 0 Å². The third-order valence-corrected chi connectivity index (χ3v) is 5.57. The standard InChI is InChI=1S/C20H28N4O3S/c1-4-28(26,27)23-19-12-11-17(15-16(19)2)22-20(25)21-13-8-14-24(3)18-9-6-5-7-10-18/h5-7,9-12,15,23H,4,8,13-14H2,1-3H3,(H2,21,22,25). The molecule has 2 aromatic rings. The molecule has 0 spiro atoms. The maximum Gasteiger partial charge on any atom is 0.319 e. The predicted octanol–water partition coefficient (Wildman–Crippen LogP) is 3.40. The molecule has 0 saturated carbocycles. The van der Waals surface area contributed by atoms with Crippen LogP contribution < -0.4 is 20.3 Å². The predicted molar refractivity (Wildman–Crippen MR) is 116 cm³/mol. The third-order valence-electron chi connectivity index (χ3n) is 4.28. The van der Waals surface area contributed by atoms with Gasteiger partial charge in [-0.1, -0.05) is 18.2 Å². The van der Waals surface area contributed by atoms with Gasteiger partial charge in [0.2, 0.25) is 10.0 Å². The number of benzene rings is 2. The van der Waals surface area contributed by atoms with Gasteiger partial charge in [0, 0.05) is 31.5 Å². The molecule has 0 aliphatic heterocycles. The molecule has 3 N–H and O–H groups in total. The molecule has 0 unspecified atom stereocenters. The molecule has 2 amide bonds. The van der Waals surface area contributed by atoms with E-state index in [1.54, 1.807) is 32.0 Å². The first-order valence-corrected chi connectivity index (χ1v) is 10.9. The fraction of sp³-hybridized carbons (Fsp3) is 0.350. The molecule has 0 aromatic heterocycles. The highest BCUT2D eigenvalue weighted by Gasteiger charge is 2.10. The van der Waals surface area contributed by atoms with Crippen LogP contribution in [0.2, 0.25) is 0 Å². The first-order valence-electron chi connectivity index (χ1n) is 9.23. The number of anilines is 3. The van der Waals surface area contributed by atoms with Crippen molar-refractivity contribution in [1.82, 2.24) is 5.32 Å². The minimum absolute atomic E-state index is 0.00824. The molecule has 0 aliphatic rings. The quantitative estimate of drug-likeness (QED) is 0.559. The zero-order valence-corrected chi connectivity index (χ0v) is 17.3. The normalized spacial score (nSPS) is 11.0. The summed E-state index contributed by atoms with van der Waals surface area (Å²) in [5.74, 6) is 0.00824. The van der Waals surface area contributed by atoms with Crippen LogP contribution in [-0.4, -0.2) is 40.3 Å². The fourth-order valence-electron chi connectivity index (χ4n) is 2.60.